The van der Waals surface area contributed by atoms with Crippen LogP contribution in [0.5, 0.6) is 5.75 Å². The lowest BCUT2D eigenvalue weighted by atomic mass is 10.3. The number of para-hydroxylation sites is 1. The first-order valence-corrected chi connectivity index (χ1v) is 7.59. The van der Waals surface area contributed by atoms with Crippen LogP contribution in [-0.4, -0.2) is 20.8 Å². The normalized spacial score (nSPS) is 20.8. The molecular formula is C11H18O2Si. The summed E-state index contributed by atoms with van der Waals surface area (Å²) in [7, 11) is -0.595. The van der Waals surface area contributed by atoms with Crippen molar-refractivity contribution in [2.45, 2.75) is 25.4 Å². The standard InChI is InChI=1S/C6H6O.C5H12OSi/c7-6-4-2-1-3-5-6;1-7-5-3-2-4-6-7/h1-5,7H;7H,2-5H2,1H3. The van der Waals surface area contributed by atoms with Crippen molar-refractivity contribution in [2.24, 2.45) is 0 Å². The third-order valence-electron chi connectivity index (χ3n) is 2.16. The summed E-state index contributed by atoms with van der Waals surface area (Å²) in [5.74, 6) is 0.322. The minimum atomic E-state index is -0.595. The molecule has 0 aliphatic carbocycles. The van der Waals surface area contributed by atoms with Gasteiger partial charge in [-0.1, -0.05) is 24.6 Å². The molecule has 1 heterocycles. The SMILES string of the molecule is C[SiH]1CCCCO1.Oc1ccccc1. The Morgan fingerprint density at radius 1 is 1.21 bits per heavy atom. The molecule has 1 aliphatic heterocycles. The predicted molar refractivity (Wildman–Crippen MR) is 61.1 cm³/mol. The summed E-state index contributed by atoms with van der Waals surface area (Å²) in [6, 6.07) is 10.1. The van der Waals surface area contributed by atoms with E-state index in [0.29, 0.717) is 5.75 Å². The Hall–Kier alpha value is -0.803. The van der Waals surface area contributed by atoms with Gasteiger partial charge in [0.2, 0.25) is 0 Å². The smallest absolute Gasteiger partial charge is 0.173 e. The molecule has 1 aliphatic rings. The summed E-state index contributed by atoms with van der Waals surface area (Å²) >= 11 is 0. The molecule has 0 aromatic heterocycles. The number of hydrogen-bond donors (Lipinski definition) is 1. The van der Waals surface area contributed by atoms with Crippen LogP contribution in [0.4, 0.5) is 0 Å². The predicted octanol–water partition coefficient (Wildman–Crippen LogP) is 2.54. The maximum Gasteiger partial charge on any atom is 0.173 e. The van der Waals surface area contributed by atoms with Gasteiger partial charge in [-0.05, 0) is 31.1 Å². The van der Waals surface area contributed by atoms with E-state index in [-0.39, 0.29) is 0 Å². The van der Waals surface area contributed by atoms with Gasteiger partial charge in [0.1, 0.15) is 5.75 Å². The van der Waals surface area contributed by atoms with Gasteiger partial charge in [0.25, 0.3) is 0 Å². The number of phenols is 1. The Morgan fingerprint density at radius 2 is 1.93 bits per heavy atom. The molecule has 2 nitrogen and oxygen atoms in total. The van der Waals surface area contributed by atoms with Gasteiger partial charge in [-0.3, -0.25) is 0 Å². The maximum atomic E-state index is 8.63. The molecule has 0 bridgehead atoms. The number of benzene rings is 1. The molecule has 78 valence electrons. The van der Waals surface area contributed by atoms with Crippen LogP contribution in [0.1, 0.15) is 12.8 Å². The quantitative estimate of drug-likeness (QED) is 0.667. The zero-order valence-electron chi connectivity index (χ0n) is 8.65. The molecule has 1 saturated heterocycles. The fourth-order valence-electron chi connectivity index (χ4n) is 1.33. The van der Waals surface area contributed by atoms with Gasteiger partial charge in [-0.2, -0.15) is 0 Å². The van der Waals surface area contributed by atoms with E-state index >= 15 is 0 Å². The van der Waals surface area contributed by atoms with E-state index in [4.69, 9.17) is 9.53 Å². The summed E-state index contributed by atoms with van der Waals surface area (Å²) in [4.78, 5) is 0. The minimum absolute atomic E-state index is 0.322. The van der Waals surface area contributed by atoms with Crippen LogP contribution in [0.3, 0.4) is 0 Å². The van der Waals surface area contributed by atoms with Crippen molar-refractivity contribution in [1.82, 2.24) is 0 Å². The highest BCUT2D eigenvalue weighted by atomic mass is 28.3. The summed E-state index contributed by atoms with van der Waals surface area (Å²) in [6.07, 6.45) is 2.73. The first-order chi connectivity index (χ1) is 6.79. The second-order valence-electron chi connectivity index (χ2n) is 3.51. The van der Waals surface area contributed by atoms with Crippen molar-refractivity contribution in [3.63, 3.8) is 0 Å². The first kappa shape index (κ1) is 11.3. The Bertz CT molecular complexity index is 232. The second kappa shape index (κ2) is 6.62. The van der Waals surface area contributed by atoms with Crippen LogP contribution in [0.25, 0.3) is 0 Å². The fourth-order valence-corrected chi connectivity index (χ4v) is 2.93. The molecule has 0 amide bonds. The monoisotopic (exact) mass is 210 g/mol. The van der Waals surface area contributed by atoms with Crippen LogP contribution in [0.2, 0.25) is 12.6 Å². The van der Waals surface area contributed by atoms with E-state index in [1.54, 1.807) is 24.3 Å². The van der Waals surface area contributed by atoms with Gasteiger partial charge in [0.05, 0.1) is 0 Å². The van der Waals surface area contributed by atoms with Crippen molar-refractivity contribution >= 4 is 9.04 Å². The molecule has 1 atom stereocenters. The summed E-state index contributed by atoms with van der Waals surface area (Å²) in [5.41, 5.74) is 0. The van der Waals surface area contributed by atoms with Crippen LogP contribution in [0, 0.1) is 0 Å². The number of phenolic OH excluding ortho intramolecular Hbond substituents is 1. The third kappa shape index (κ3) is 5.04. The van der Waals surface area contributed by atoms with Crippen molar-refractivity contribution in [3.05, 3.63) is 30.3 Å². The third-order valence-corrected chi connectivity index (χ3v) is 4.19. The van der Waals surface area contributed by atoms with Crippen LogP contribution in [0.15, 0.2) is 30.3 Å². The lowest BCUT2D eigenvalue weighted by molar-refractivity contribution is 0.291. The lowest BCUT2D eigenvalue weighted by Crippen LogP contribution is -2.18. The van der Waals surface area contributed by atoms with Gasteiger partial charge in [-0.25, -0.2) is 0 Å². The lowest BCUT2D eigenvalue weighted by Gasteiger charge is -2.16. The molecule has 0 saturated carbocycles. The summed E-state index contributed by atoms with van der Waals surface area (Å²) in [6.45, 7) is 3.33. The van der Waals surface area contributed by atoms with Crippen molar-refractivity contribution < 1.29 is 9.53 Å². The Labute approximate surface area is 87.3 Å². The molecule has 1 aromatic rings. The molecule has 0 spiro atoms. The van der Waals surface area contributed by atoms with E-state index in [2.05, 4.69) is 6.55 Å². The maximum absolute atomic E-state index is 8.63. The molecule has 1 fully saturated rings. The van der Waals surface area contributed by atoms with E-state index in [1.165, 1.54) is 18.9 Å². The molecule has 3 heteroatoms. The zero-order chi connectivity index (χ0) is 10.2. The second-order valence-corrected chi connectivity index (χ2v) is 6.04. The largest absolute Gasteiger partial charge is 0.508 e. The summed E-state index contributed by atoms with van der Waals surface area (Å²) < 4.78 is 5.42. The van der Waals surface area contributed by atoms with Gasteiger partial charge in [-0.15, -0.1) is 0 Å². The van der Waals surface area contributed by atoms with Crippen LogP contribution >= 0.6 is 0 Å². The number of aromatic hydroxyl groups is 1. The molecule has 1 unspecified atom stereocenters. The fraction of sp³-hybridized carbons (Fsp3) is 0.455. The van der Waals surface area contributed by atoms with E-state index in [9.17, 15) is 0 Å². The molecule has 0 radical (unpaired) electrons. The van der Waals surface area contributed by atoms with Gasteiger partial charge >= 0.3 is 0 Å². The van der Waals surface area contributed by atoms with Crippen LogP contribution < -0.4 is 0 Å². The summed E-state index contributed by atoms with van der Waals surface area (Å²) in [5, 5.41) is 8.63. The minimum Gasteiger partial charge on any atom is -0.508 e. The van der Waals surface area contributed by atoms with Gasteiger partial charge < -0.3 is 9.53 Å². The number of hydrogen-bond acceptors (Lipinski definition) is 2. The van der Waals surface area contributed by atoms with Gasteiger partial charge in [0.15, 0.2) is 9.04 Å². The van der Waals surface area contributed by atoms with Crippen molar-refractivity contribution in [2.75, 3.05) is 6.61 Å². The van der Waals surface area contributed by atoms with E-state index < -0.39 is 9.04 Å². The molecule has 1 aromatic carbocycles. The average Bonchev–Trinajstić information content (AvgIpc) is 2.21. The Balaban J connectivity index is 0.000000140. The topological polar surface area (TPSA) is 29.5 Å². The highest BCUT2D eigenvalue weighted by Gasteiger charge is 2.08. The highest BCUT2D eigenvalue weighted by Crippen LogP contribution is 2.09. The Morgan fingerprint density at radius 3 is 2.21 bits per heavy atom. The highest BCUT2D eigenvalue weighted by molar-refractivity contribution is 6.50. The van der Waals surface area contributed by atoms with Crippen molar-refractivity contribution in [3.8, 4) is 5.75 Å². The van der Waals surface area contributed by atoms with E-state index in [0.717, 1.165) is 6.61 Å². The zero-order valence-corrected chi connectivity index (χ0v) is 9.80. The number of rotatable bonds is 0. The Kier molecular flexibility index (Phi) is 5.33. The van der Waals surface area contributed by atoms with Gasteiger partial charge in [0, 0.05) is 6.61 Å². The molecule has 2 rings (SSSR count). The molecule has 1 N–H and O–H groups in total. The van der Waals surface area contributed by atoms with Crippen LogP contribution in [-0.2, 0) is 4.43 Å². The van der Waals surface area contributed by atoms with E-state index in [1.807, 2.05) is 6.07 Å². The molecule has 14 heavy (non-hydrogen) atoms. The molecular weight excluding hydrogens is 192 g/mol. The first-order valence-electron chi connectivity index (χ1n) is 5.14. The van der Waals surface area contributed by atoms with Crippen molar-refractivity contribution in [1.29, 1.82) is 0 Å². The average molecular weight is 210 g/mol.